The Morgan fingerprint density at radius 2 is 0.800 bits per heavy atom. The Balaban J connectivity index is 0.000000400. The molecule has 0 spiro atoms. The van der Waals surface area contributed by atoms with E-state index in [9.17, 15) is 44.7 Å². The summed E-state index contributed by atoms with van der Waals surface area (Å²) in [5, 5.41) is 0. The van der Waals surface area contributed by atoms with Gasteiger partial charge in [-0.15, -0.1) is 0 Å². The molecule has 2 aliphatic rings. The Kier molecular flexibility index (Phi) is 15.2. The lowest BCUT2D eigenvalue weighted by atomic mass is 9.97. The summed E-state index contributed by atoms with van der Waals surface area (Å²) >= 11 is 0. The van der Waals surface area contributed by atoms with Gasteiger partial charge in [0.15, 0.2) is 0 Å². The highest BCUT2D eigenvalue weighted by Crippen LogP contribution is 2.36. The van der Waals surface area contributed by atoms with E-state index >= 15 is 0 Å². The van der Waals surface area contributed by atoms with Crippen molar-refractivity contribution in [2.24, 2.45) is 11.8 Å². The second-order valence-corrected chi connectivity index (χ2v) is 11.5. The van der Waals surface area contributed by atoms with Crippen LogP contribution in [0.25, 0.3) is 0 Å². The predicted molar refractivity (Wildman–Crippen MR) is 134 cm³/mol. The SMILES string of the molecule is C[C@@H]1CCC(F)(F)CCC(F)(F)CCCCC(=O)OC1.C[C@@H]1CCC(F)(F)CCC(F)(F)CCCCC(=O)OC1. The molecule has 0 amide bonds. The maximum absolute atomic E-state index is 13.5. The number of ether oxygens (including phenoxy) is 2. The molecule has 0 aromatic rings. The molecule has 0 aromatic heterocycles. The van der Waals surface area contributed by atoms with Crippen molar-refractivity contribution >= 4 is 11.9 Å². The summed E-state index contributed by atoms with van der Waals surface area (Å²) in [6, 6.07) is 0. The molecule has 2 fully saturated rings. The van der Waals surface area contributed by atoms with Crippen molar-refractivity contribution in [3.05, 3.63) is 0 Å². The van der Waals surface area contributed by atoms with Crippen LogP contribution >= 0.6 is 0 Å². The zero-order valence-corrected chi connectivity index (χ0v) is 23.5. The first-order chi connectivity index (χ1) is 18.4. The van der Waals surface area contributed by atoms with E-state index < -0.39 is 87.0 Å². The van der Waals surface area contributed by atoms with Gasteiger partial charge in [0, 0.05) is 64.2 Å². The van der Waals surface area contributed by atoms with E-state index in [-0.39, 0.29) is 63.6 Å². The molecule has 40 heavy (non-hydrogen) atoms. The number of cyclic esters (lactones) is 2. The lowest BCUT2D eigenvalue weighted by molar-refractivity contribution is -0.146. The van der Waals surface area contributed by atoms with Crippen molar-refractivity contribution in [2.45, 2.75) is 140 Å². The monoisotopic (exact) mass is 596 g/mol. The Morgan fingerprint density at radius 3 is 1.12 bits per heavy atom. The lowest BCUT2D eigenvalue weighted by Gasteiger charge is -2.23. The summed E-state index contributed by atoms with van der Waals surface area (Å²) in [5.74, 6) is -13.6. The van der Waals surface area contributed by atoms with Crippen LogP contribution in [0.3, 0.4) is 0 Å². The first-order valence-corrected chi connectivity index (χ1v) is 14.2. The maximum Gasteiger partial charge on any atom is 0.305 e. The van der Waals surface area contributed by atoms with Crippen LogP contribution in [-0.4, -0.2) is 48.8 Å². The zero-order chi connectivity index (χ0) is 30.5. The molecule has 0 bridgehead atoms. The Labute approximate surface area is 231 Å². The van der Waals surface area contributed by atoms with Gasteiger partial charge in [0.05, 0.1) is 13.2 Å². The third-order valence-corrected chi connectivity index (χ3v) is 7.12. The number of rotatable bonds is 0. The minimum Gasteiger partial charge on any atom is -0.465 e. The number of alkyl halides is 8. The van der Waals surface area contributed by atoms with E-state index in [1.54, 1.807) is 13.8 Å². The first kappa shape index (κ1) is 36.4. The van der Waals surface area contributed by atoms with Gasteiger partial charge in [0.2, 0.25) is 23.7 Å². The summed E-state index contributed by atoms with van der Waals surface area (Å²) in [6.07, 6.45) is -3.51. The summed E-state index contributed by atoms with van der Waals surface area (Å²) in [4.78, 5) is 22.7. The number of halogens is 8. The molecule has 0 aliphatic carbocycles. The molecule has 12 heteroatoms. The Hall–Kier alpha value is -1.62. The quantitative estimate of drug-likeness (QED) is 0.207. The average molecular weight is 597 g/mol. The van der Waals surface area contributed by atoms with Gasteiger partial charge in [-0.05, 0) is 50.4 Å². The molecule has 2 aliphatic heterocycles. The van der Waals surface area contributed by atoms with E-state index in [4.69, 9.17) is 9.47 Å². The van der Waals surface area contributed by atoms with E-state index in [1.807, 2.05) is 0 Å². The summed E-state index contributed by atoms with van der Waals surface area (Å²) in [5.41, 5.74) is 0. The molecule has 2 heterocycles. The van der Waals surface area contributed by atoms with Gasteiger partial charge < -0.3 is 9.47 Å². The smallest absolute Gasteiger partial charge is 0.305 e. The van der Waals surface area contributed by atoms with Crippen LogP contribution < -0.4 is 0 Å². The van der Waals surface area contributed by atoms with Gasteiger partial charge in [0.1, 0.15) is 0 Å². The Morgan fingerprint density at radius 1 is 0.500 bits per heavy atom. The van der Waals surface area contributed by atoms with Crippen molar-refractivity contribution in [3.63, 3.8) is 0 Å². The second kappa shape index (κ2) is 16.7. The number of carbonyl (C=O) groups is 2. The molecule has 0 saturated carbocycles. The number of esters is 2. The molecular formula is C28H44F8O4. The van der Waals surface area contributed by atoms with Crippen LogP contribution in [0.5, 0.6) is 0 Å². The predicted octanol–water partition coefficient (Wildman–Crippen LogP) is 9.14. The van der Waals surface area contributed by atoms with Gasteiger partial charge in [0.25, 0.3) is 0 Å². The topological polar surface area (TPSA) is 52.6 Å². The molecule has 0 N–H and O–H groups in total. The Bertz CT molecular complexity index is 699. The van der Waals surface area contributed by atoms with Crippen molar-refractivity contribution < 1.29 is 54.2 Å². The minimum absolute atomic E-state index is 0.110. The van der Waals surface area contributed by atoms with E-state index in [0.29, 0.717) is 12.8 Å². The fourth-order valence-electron chi connectivity index (χ4n) is 4.23. The summed E-state index contributed by atoms with van der Waals surface area (Å²) < 4.78 is 118. The standard InChI is InChI=1S/2C14H22F4O2/c2*1-11-5-7-14(17,18)9-8-13(15,16)6-3-2-4-12(19)20-10-11/h2*11H,2-10H2,1H3/t2*11-/m11/s1. The van der Waals surface area contributed by atoms with Crippen LogP contribution in [0.15, 0.2) is 0 Å². The van der Waals surface area contributed by atoms with Gasteiger partial charge >= 0.3 is 11.9 Å². The summed E-state index contributed by atoms with van der Waals surface area (Å²) in [7, 11) is 0. The minimum atomic E-state index is -3.08. The van der Waals surface area contributed by atoms with Crippen LogP contribution in [0.4, 0.5) is 35.1 Å². The summed E-state index contributed by atoms with van der Waals surface area (Å²) in [6.45, 7) is 3.66. The number of hydrogen-bond acceptors (Lipinski definition) is 4. The van der Waals surface area contributed by atoms with Crippen LogP contribution in [0, 0.1) is 11.8 Å². The molecule has 0 aromatic carbocycles. The zero-order valence-electron chi connectivity index (χ0n) is 23.5. The largest absolute Gasteiger partial charge is 0.465 e. The molecule has 0 unspecified atom stereocenters. The molecular weight excluding hydrogens is 552 g/mol. The van der Waals surface area contributed by atoms with Crippen LogP contribution in [0.2, 0.25) is 0 Å². The maximum atomic E-state index is 13.5. The van der Waals surface area contributed by atoms with E-state index in [0.717, 1.165) is 0 Å². The lowest BCUT2D eigenvalue weighted by Crippen LogP contribution is -2.25. The first-order valence-electron chi connectivity index (χ1n) is 14.2. The molecule has 236 valence electrons. The fraction of sp³-hybridized carbons (Fsp3) is 0.929. The highest BCUT2D eigenvalue weighted by atomic mass is 19.3. The molecule has 2 saturated heterocycles. The normalized spacial score (nSPS) is 29.2. The van der Waals surface area contributed by atoms with Gasteiger partial charge in [-0.2, -0.15) is 0 Å². The molecule has 4 nitrogen and oxygen atoms in total. The fourth-order valence-corrected chi connectivity index (χ4v) is 4.23. The molecule has 0 radical (unpaired) electrons. The van der Waals surface area contributed by atoms with Crippen LogP contribution in [-0.2, 0) is 19.1 Å². The van der Waals surface area contributed by atoms with Crippen molar-refractivity contribution in [1.29, 1.82) is 0 Å². The van der Waals surface area contributed by atoms with Gasteiger partial charge in [-0.25, -0.2) is 35.1 Å². The highest BCUT2D eigenvalue weighted by Gasteiger charge is 2.37. The van der Waals surface area contributed by atoms with Crippen molar-refractivity contribution in [3.8, 4) is 0 Å². The average Bonchev–Trinajstić information content (AvgIpc) is 2.86. The van der Waals surface area contributed by atoms with Crippen molar-refractivity contribution in [1.82, 2.24) is 0 Å². The van der Waals surface area contributed by atoms with Gasteiger partial charge in [-0.1, -0.05) is 13.8 Å². The number of hydrogen-bond donors (Lipinski definition) is 0. The van der Waals surface area contributed by atoms with Crippen molar-refractivity contribution in [2.75, 3.05) is 13.2 Å². The second-order valence-electron chi connectivity index (χ2n) is 11.5. The number of carbonyl (C=O) groups excluding carboxylic acids is 2. The van der Waals surface area contributed by atoms with Crippen LogP contribution in [0.1, 0.15) is 117 Å². The third-order valence-electron chi connectivity index (χ3n) is 7.12. The van der Waals surface area contributed by atoms with E-state index in [2.05, 4.69) is 0 Å². The highest BCUT2D eigenvalue weighted by molar-refractivity contribution is 5.69. The third kappa shape index (κ3) is 17.9. The van der Waals surface area contributed by atoms with Gasteiger partial charge in [-0.3, -0.25) is 9.59 Å². The molecule has 2 atom stereocenters. The van der Waals surface area contributed by atoms with E-state index in [1.165, 1.54) is 0 Å². The molecule has 2 rings (SSSR count).